The van der Waals surface area contributed by atoms with E-state index >= 15 is 0 Å². The number of amides is 1. The molecule has 1 aliphatic rings. The van der Waals surface area contributed by atoms with Crippen LogP contribution < -0.4 is 4.90 Å². The topological polar surface area (TPSA) is 74.7 Å². The average Bonchev–Trinajstić information content (AvgIpc) is 2.41. The first kappa shape index (κ1) is 14.9. The van der Waals surface area contributed by atoms with Crippen LogP contribution in [0.2, 0.25) is 0 Å². The van der Waals surface area contributed by atoms with Crippen molar-refractivity contribution in [3.05, 3.63) is 23.8 Å². The second-order valence-corrected chi connectivity index (χ2v) is 7.20. The van der Waals surface area contributed by atoms with Crippen molar-refractivity contribution in [3.8, 4) is 0 Å². The lowest BCUT2D eigenvalue weighted by Crippen LogP contribution is -2.52. The maximum atomic E-state index is 12.5. The van der Waals surface area contributed by atoms with Gasteiger partial charge in [-0.05, 0) is 32.9 Å². The van der Waals surface area contributed by atoms with Crippen molar-refractivity contribution in [2.24, 2.45) is 0 Å². The van der Waals surface area contributed by atoms with E-state index in [1.807, 2.05) is 0 Å². The highest BCUT2D eigenvalue weighted by Crippen LogP contribution is 2.37. The minimum Gasteiger partial charge on any atom is -0.395 e. The number of carbonyl (C=O) groups excluding carboxylic acids is 2. The van der Waals surface area contributed by atoms with E-state index in [1.165, 1.54) is 11.8 Å². The predicted molar refractivity (Wildman–Crippen MR) is 76.4 cm³/mol. The number of hydrogen-bond donors (Lipinski definition) is 1. The number of nitrogens with zero attached hydrogens (tertiary/aromatic N) is 1. The fraction of sp³-hybridized carbons (Fsp3) is 0.429. The summed E-state index contributed by atoms with van der Waals surface area (Å²) in [5.41, 5.74) is 0.908. The Hall–Kier alpha value is -1.53. The van der Waals surface area contributed by atoms with Crippen LogP contribution in [-0.2, 0) is 15.6 Å². The third kappa shape index (κ3) is 2.19. The van der Waals surface area contributed by atoms with Crippen molar-refractivity contribution in [2.45, 2.75) is 30.4 Å². The van der Waals surface area contributed by atoms with E-state index in [1.54, 1.807) is 32.0 Å². The molecule has 1 amide bonds. The molecule has 1 N–H and O–H groups in total. The molecule has 1 heterocycles. The van der Waals surface area contributed by atoms with E-state index in [0.717, 1.165) is 0 Å². The molecule has 0 radical (unpaired) electrons. The molecule has 1 atom stereocenters. The molecule has 108 valence electrons. The number of ketones is 1. The largest absolute Gasteiger partial charge is 0.395 e. The summed E-state index contributed by atoms with van der Waals surface area (Å²) in [7, 11) is -1.49. The van der Waals surface area contributed by atoms with Crippen LogP contribution in [0.25, 0.3) is 0 Å². The number of hydrogen-bond acceptors (Lipinski definition) is 4. The maximum absolute atomic E-state index is 12.5. The molecule has 1 aromatic rings. The molecule has 0 saturated carbocycles. The Labute approximate surface area is 120 Å². The lowest BCUT2D eigenvalue weighted by atomic mass is 10.1. The van der Waals surface area contributed by atoms with E-state index in [4.69, 9.17) is 5.11 Å². The second-order valence-electron chi connectivity index (χ2n) is 5.20. The van der Waals surface area contributed by atoms with Gasteiger partial charge in [-0.3, -0.25) is 13.8 Å². The van der Waals surface area contributed by atoms with Crippen molar-refractivity contribution in [3.63, 3.8) is 0 Å². The summed E-state index contributed by atoms with van der Waals surface area (Å²) in [5, 5.41) is 9.14. The summed E-state index contributed by atoms with van der Waals surface area (Å²) < 4.78 is 11.5. The monoisotopic (exact) mass is 295 g/mol. The van der Waals surface area contributed by atoms with Gasteiger partial charge in [-0.15, -0.1) is 0 Å². The van der Waals surface area contributed by atoms with Crippen molar-refractivity contribution >= 4 is 28.2 Å². The van der Waals surface area contributed by atoms with Crippen LogP contribution in [0.4, 0.5) is 5.69 Å². The Balaban J connectivity index is 2.65. The molecule has 6 heteroatoms. The van der Waals surface area contributed by atoms with Gasteiger partial charge in [0.05, 0.1) is 28.0 Å². The lowest BCUT2D eigenvalue weighted by Gasteiger charge is -2.37. The molecule has 0 saturated heterocycles. The molecule has 0 spiro atoms. The molecule has 1 aromatic carbocycles. The zero-order chi connectivity index (χ0) is 15.1. The third-order valence-electron chi connectivity index (χ3n) is 3.40. The van der Waals surface area contributed by atoms with Crippen molar-refractivity contribution < 1.29 is 18.9 Å². The standard InChI is InChI=1S/C14H17NO4S/c1-9(17)10-4-5-12-11(8-10)15(6-7-16)13(18)14(2,3)20(12)19/h4-5,8,16H,6-7H2,1-3H3. The fourth-order valence-corrected chi connectivity index (χ4v) is 3.58. The fourth-order valence-electron chi connectivity index (χ4n) is 2.21. The zero-order valence-corrected chi connectivity index (χ0v) is 12.5. The number of anilines is 1. The van der Waals surface area contributed by atoms with E-state index in [9.17, 15) is 13.8 Å². The van der Waals surface area contributed by atoms with Crippen LogP contribution in [0.5, 0.6) is 0 Å². The van der Waals surface area contributed by atoms with E-state index in [-0.39, 0.29) is 24.8 Å². The van der Waals surface area contributed by atoms with Crippen molar-refractivity contribution in [1.82, 2.24) is 0 Å². The summed E-state index contributed by atoms with van der Waals surface area (Å²) in [6.45, 7) is 4.60. The number of rotatable bonds is 3. The zero-order valence-electron chi connectivity index (χ0n) is 11.7. The number of benzene rings is 1. The number of fused-ring (bicyclic) bond motifs is 1. The molecule has 20 heavy (non-hydrogen) atoms. The van der Waals surface area contributed by atoms with Crippen LogP contribution in [-0.4, -0.2) is 38.9 Å². The van der Waals surface area contributed by atoms with Crippen molar-refractivity contribution in [2.75, 3.05) is 18.1 Å². The van der Waals surface area contributed by atoms with Gasteiger partial charge in [-0.1, -0.05) is 6.07 Å². The molecule has 2 rings (SSSR count). The molecule has 1 unspecified atom stereocenters. The van der Waals surface area contributed by atoms with Crippen LogP contribution in [0, 0.1) is 0 Å². The van der Waals surface area contributed by atoms with Gasteiger partial charge in [0.15, 0.2) is 5.78 Å². The van der Waals surface area contributed by atoms with Crippen LogP contribution in [0.15, 0.2) is 23.1 Å². The summed E-state index contributed by atoms with van der Waals surface area (Å²) in [4.78, 5) is 25.8. The molecule has 0 fully saturated rings. The van der Waals surface area contributed by atoms with E-state index < -0.39 is 15.5 Å². The van der Waals surface area contributed by atoms with Gasteiger partial charge in [0, 0.05) is 12.1 Å². The van der Waals surface area contributed by atoms with E-state index in [0.29, 0.717) is 16.1 Å². The third-order valence-corrected chi connectivity index (χ3v) is 5.25. The predicted octanol–water partition coefficient (Wildman–Crippen LogP) is 1.11. The Morgan fingerprint density at radius 1 is 1.40 bits per heavy atom. The Morgan fingerprint density at radius 2 is 2.05 bits per heavy atom. The first-order valence-electron chi connectivity index (χ1n) is 6.30. The van der Waals surface area contributed by atoms with Gasteiger partial charge >= 0.3 is 0 Å². The summed E-state index contributed by atoms with van der Waals surface area (Å²) in [6.07, 6.45) is 0. The van der Waals surface area contributed by atoms with Gasteiger partial charge < -0.3 is 10.0 Å². The minimum absolute atomic E-state index is 0.119. The van der Waals surface area contributed by atoms with Gasteiger partial charge in [-0.25, -0.2) is 0 Å². The molecular formula is C14H17NO4S. The van der Waals surface area contributed by atoms with Gasteiger partial charge in [0.25, 0.3) is 0 Å². The van der Waals surface area contributed by atoms with Gasteiger partial charge in [-0.2, -0.15) is 0 Å². The number of carbonyl (C=O) groups is 2. The Morgan fingerprint density at radius 3 is 2.60 bits per heavy atom. The maximum Gasteiger partial charge on any atom is 0.245 e. The quantitative estimate of drug-likeness (QED) is 0.848. The van der Waals surface area contributed by atoms with Crippen molar-refractivity contribution in [1.29, 1.82) is 0 Å². The number of aliphatic hydroxyl groups excluding tert-OH is 1. The Kier molecular flexibility index (Phi) is 3.80. The van der Waals surface area contributed by atoms with E-state index in [2.05, 4.69) is 0 Å². The van der Waals surface area contributed by atoms with Crippen LogP contribution in [0.3, 0.4) is 0 Å². The lowest BCUT2D eigenvalue weighted by molar-refractivity contribution is -0.120. The average molecular weight is 295 g/mol. The van der Waals surface area contributed by atoms with Crippen LogP contribution >= 0.6 is 0 Å². The van der Waals surface area contributed by atoms with Gasteiger partial charge in [0.2, 0.25) is 5.91 Å². The summed E-state index contributed by atoms with van der Waals surface area (Å²) in [6, 6.07) is 4.81. The number of β-amino-alcohol motifs (C(OH)–C–C–N with tert-alkyl or cyclic N) is 1. The van der Waals surface area contributed by atoms with Gasteiger partial charge in [0.1, 0.15) is 4.75 Å². The molecule has 5 nitrogen and oxygen atoms in total. The molecular weight excluding hydrogens is 278 g/mol. The molecule has 0 aliphatic carbocycles. The highest BCUT2D eigenvalue weighted by atomic mass is 32.2. The number of aliphatic hydroxyl groups is 1. The highest BCUT2D eigenvalue weighted by molar-refractivity contribution is 7.87. The Bertz CT molecular complexity index is 609. The molecule has 0 bridgehead atoms. The normalized spacial score (nSPS) is 20.7. The summed E-state index contributed by atoms with van der Waals surface area (Å²) in [5.74, 6) is -0.433. The molecule has 1 aliphatic heterocycles. The molecule has 0 aromatic heterocycles. The minimum atomic E-state index is -1.49. The second kappa shape index (κ2) is 5.10. The first-order chi connectivity index (χ1) is 9.30. The van der Waals surface area contributed by atoms with Crippen LogP contribution in [0.1, 0.15) is 31.1 Å². The first-order valence-corrected chi connectivity index (χ1v) is 7.45. The summed E-state index contributed by atoms with van der Waals surface area (Å²) >= 11 is 0. The highest BCUT2D eigenvalue weighted by Gasteiger charge is 2.45. The smallest absolute Gasteiger partial charge is 0.245 e. The SMILES string of the molecule is CC(=O)c1ccc2c(c1)N(CCO)C(=O)C(C)(C)S2=O. The number of Topliss-reactive ketones (excluding diaryl/α,β-unsaturated/α-hetero) is 1.